The number of nitrogens with zero attached hydrogens (tertiary/aromatic N) is 1. The fourth-order valence-corrected chi connectivity index (χ4v) is 3.66. The third-order valence-electron chi connectivity index (χ3n) is 3.27. The molecule has 1 aromatic heterocycles. The van der Waals surface area contributed by atoms with Gasteiger partial charge >= 0.3 is 0 Å². The van der Waals surface area contributed by atoms with Crippen LogP contribution in [0.3, 0.4) is 0 Å². The zero-order chi connectivity index (χ0) is 14.1. The Bertz CT molecular complexity index is 646. The van der Waals surface area contributed by atoms with Crippen molar-refractivity contribution >= 4 is 38.3 Å². The van der Waals surface area contributed by atoms with Crippen molar-refractivity contribution in [2.45, 2.75) is 25.7 Å². The van der Waals surface area contributed by atoms with Gasteiger partial charge in [-0.15, -0.1) is 11.3 Å². The molecule has 6 heteroatoms. The van der Waals surface area contributed by atoms with Gasteiger partial charge in [0.2, 0.25) is 0 Å². The Morgan fingerprint density at radius 3 is 2.90 bits per heavy atom. The quantitative estimate of drug-likeness (QED) is 0.865. The van der Waals surface area contributed by atoms with Crippen molar-refractivity contribution in [2.75, 3.05) is 5.32 Å². The number of nitrogens with one attached hydrogen (secondary N) is 1. The normalized spacial score (nSPS) is 13.8. The van der Waals surface area contributed by atoms with Gasteiger partial charge in [0.05, 0.1) is 11.3 Å². The first-order valence-corrected chi connectivity index (χ1v) is 8.03. The number of amides is 1. The second-order valence-corrected chi connectivity index (χ2v) is 6.71. The van der Waals surface area contributed by atoms with E-state index < -0.39 is 0 Å². The van der Waals surface area contributed by atoms with Crippen molar-refractivity contribution in [1.29, 1.82) is 0 Å². The number of anilines is 1. The maximum Gasteiger partial charge on any atom is 0.261 e. The van der Waals surface area contributed by atoms with Crippen LogP contribution in [0.4, 0.5) is 5.13 Å². The van der Waals surface area contributed by atoms with Crippen LogP contribution in [0.15, 0.2) is 22.7 Å². The summed E-state index contributed by atoms with van der Waals surface area (Å²) in [6, 6.07) is 4.81. The number of hydrogen-bond acceptors (Lipinski definition) is 4. The number of fused-ring (bicyclic) bond motifs is 1. The van der Waals surface area contributed by atoms with Crippen molar-refractivity contribution < 1.29 is 9.90 Å². The molecule has 2 aromatic rings. The number of hydrogen-bond donors (Lipinski definition) is 2. The lowest BCUT2D eigenvalue weighted by molar-refractivity contribution is 0.102. The van der Waals surface area contributed by atoms with E-state index in [9.17, 15) is 9.90 Å². The van der Waals surface area contributed by atoms with Crippen molar-refractivity contribution in [3.63, 3.8) is 0 Å². The summed E-state index contributed by atoms with van der Waals surface area (Å²) in [7, 11) is 0. The van der Waals surface area contributed by atoms with E-state index in [-0.39, 0.29) is 17.2 Å². The summed E-state index contributed by atoms with van der Waals surface area (Å²) in [5.74, 6) is -0.376. The van der Waals surface area contributed by atoms with E-state index in [0.29, 0.717) is 5.13 Å². The highest BCUT2D eigenvalue weighted by molar-refractivity contribution is 9.10. The number of phenols is 1. The Morgan fingerprint density at radius 1 is 1.35 bits per heavy atom. The van der Waals surface area contributed by atoms with Gasteiger partial charge in [-0.3, -0.25) is 10.1 Å². The second-order valence-electron chi connectivity index (χ2n) is 4.71. The molecule has 0 radical (unpaired) electrons. The van der Waals surface area contributed by atoms with Crippen LogP contribution in [0.5, 0.6) is 5.75 Å². The van der Waals surface area contributed by atoms with Gasteiger partial charge in [-0.05, 0) is 43.9 Å². The molecule has 104 valence electrons. The summed E-state index contributed by atoms with van der Waals surface area (Å²) in [6.07, 6.45) is 4.39. The minimum Gasteiger partial charge on any atom is -0.507 e. The molecule has 0 saturated carbocycles. The molecule has 0 spiro atoms. The maximum atomic E-state index is 12.1. The van der Waals surface area contributed by atoms with E-state index in [2.05, 4.69) is 26.2 Å². The van der Waals surface area contributed by atoms with Crippen LogP contribution in [0, 0.1) is 0 Å². The summed E-state index contributed by atoms with van der Waals surface area (Å²) in [5.41, 5.74) is 1.36. The molecule has 1 heterocycles. The van der Waals surface area contributed by atoms with Gasteiger partial charge in [-0.2, -0.15) is 0 Å². The molecule has 1 aromatic carbocycles. The third-order valence-corrected chi connectivity index (χ3v) is 4.84. The number of aromatic hydroxyl groups is 1. The van der Waals surface area contributed by atoms with Gasteiger partial charge in [0.15, 0.2) is 5.13 Å². The van der Waals surface area contributed by atoms with Crippen molar-refractivity contribution in [3.8, 4) is 5.75 Å². The smallest absolute Gasteiger partial charge is 0.261 e. The van der Waals surface area contributed by atoms with Gasteiger partial charge in [-0.1, -0.05) is 15.9 Å². The fraction of sp³-hybridized carbons (Fsp3) is 0.286. The third kappa shape index (κ3) is 2.71. The number of halogens is 1. The Labute approximate surface area is 129 Å². The van der Waals surface area contributed by atoms with Crippen LogP contribution in [-0.2, 0) is 12.8 Å². The summed E-state index contributed by atoms with van der Waals surface area (Å²) < 4.78 is 0.733. The number of phenolic OH excluding ortho intramolecular Hbond substituents is 1. The SMILES string of the molecule is O=C(Nc1nc2c(s1)CCCC2)c1ccc(Br)cc1O. The largest absolute Gasteiger partial charge is 0.507 e. The van der Waals surface area contributed by atoms with Gasteiger partial charge in [-0.25, -0.2) is 4.98 Å². The number of aryl methyl sites for hydroxylation is 2. The molecule has 0 unspecified atom stereocenters. The van der Waals surface area contributed by atoms with Gasteiger partial charge in [0.25, 0.3) is 5.91 Å². The van der Waals surface area contributed by atoms with Crippen molar-refractivity contribution in [3.05, 3.63) is 38.8 Å². The summed E-state index contributed by atoms with van der Waals surface area (Å²) in [4.78, 5) is 17.9. The van der Waals surface area contributed by atoms with Gasteiger partial charge < -0.3 is 5.11 Å². The molecule has 0 bridgehead atoms. The maximum absolute atomic E-state index is 12.1. The molecule has 2 N–H and O–H groups in total. The second kappa shape index (κ2) is 5.54. The van der Waals surface area contributed by atoms with E-state index >= 15 is 0 Å². The molecule has 0 aliphatic heterocycles. The molecule has 0 atom stereocenters. The molecule has 0 saturated heterocycles. The molecule has 4 nitrogen and oxygen atoms in total. The Morgan fingerprint density at radius 2 is 2.15 bits per heavy atom. The highest BCUT2D eigenvalue weighted by Crippen LogP contribution is 2.30. The Balaban J connectivity index is 1.80. The molecule has 1 amide bonds. The number of aromatic nitrogens is 1. The van der Waals surface area contributed by atoms with Crippen LogP contribution in [0.2, 0.25) is 0 Å². The van der Waals surface area contributed by atoms with Crippen molar-refractivity contribution in [2.24, 2.45) is 0 Å². The fourth-order valence-electron chi connectivity index (χ4n) is 2.27. The zero-order valence-electron chi connectivity index (χ0n) is 10.6. The van der Waals surface area contributed by atoms with Gasteiger partial charge in [0, 0.05) is 9.35 Å². The minimum atomic E-state index is -0.332. The van der Waals surface area contributed by atoms with E-state index in [1.54, 1.807) is 12.1 Å². The van der Waals surface area contributed by atoms with Crippen LogP contribution in [0.1, 0.15) is 33.8 Å². The number of carbonyl (C=O) groups is 1. The predicted molar refractivity (Wildman–Crippen MR) is 82.5 cm³/mol. The average Bonchev–Trinajstić information content (AvgIpc) is 2.80. The molecular weight excluding hydrogens is 340 g/mol. The summed E-state index contributed by atoms with van der Waals surface area (Å²) in [6.45, 7) is 0. The predicted octanol–water partition coefficient (Wildman–Crippen LogP) is 3.74. The average molecular weight is 353 g/mol. The van der Waals surface area contributed by atoms with Gasteiger partial charge in [0.1, 0.15) is 5.75 Å². The molecule has 20 heavy (non-hydrogen) atoms. The van der Waals surface area contributed by atoms with E-state index in [0.717, 1.165) is 29.4 Å². The van der Waals surface area contributed by atoms with E-state index in [1.165, 1.54) is 28.7 Å². The van der Waals surface area contributed by atoms with Crippen molar-refractivity contribution in [1.82, 2.24) is 4.98 Å². The van der Waals surface area contributed by atoms with E-state index in [1.807, 2.05) is 0 Å². The molecule has 1 aliphatic carbocycles. The zero-order valence-corrected chi connectivity index (χ0v) is 13.1. The Hall–Kier alpha value is -1.40. The number of benzene rings is 1. The number of carbonyl (C=O) groups excluding carboxylic acids is 1. The summed E-state index contributed by atoms with van der Waals surface area (Å²) >= 11 is 4.78. The van der Waals surface area contributed by atoms with E-state index in [4.69, 9.17) is 0 Å². The molecule has 3 rings (SSSR count). The summed E-state index contributed by atoms with van der Waals surface area (Å²) in [5, 5.41) is 13.2. The molecular formula is C14H13BrN2O2S. The Kier molecular flexibility index (Phi) is 3.76. The van der Waals surface area contributed by atoms with Crippen LogP contribution in [-0.4, -0.2) is 16.0 Å². The highest BCUT2D eigenvalue weighted by atomic mass is 79.9. The lowest BCUT2D eigenvalue weighted by atomic mass is 10.0. The molecule has 0 fully saturated rings. The van der Waals surface area contributed by atoms with Crippen LogP contribution >= 0.6 is 27.3 Å². The lowest BCUT2D eigenvalue weighted by Gasteiger charge is -2.06. The topological polar surface area (TPSA) is 62.2 Å². The van der Waals surface area contributed by atoms with Crippen LogP contribution < -0.4 is 5.32 Å². The molecule has 1 aliphatic rings. The highest BCUT2D eigenvalue weighted by Gasteiger charge is 2.18. The number of rotatable bonds is 2. The first-order chi connectivity index (χ1) is 9.63. The monoisotopic (exact) mass is 352 g/mol. The first-order valence-electron chi connectivity index (χ1n) is 6.42. The lowest BCUT2D eigenvalue weighted by Crippen LogP contribution is -2.12. The minimum absolute atomic E-state index is 0.0433. The van der Waals surface area contributed by atoms with Crippen LogP contribution in [0.25, 0.3) is 0 Å². The number of thiazole rings is 1. The standard InChI is InChI=1S/C14H13BrN2O2S/c15-8-5-6-9(11(18)7-8)13(19)17-14-16-10-3-1-2-4-12(10)20-14/h5-7,18H,1-4H2,(H,16,17,19). The first kappa shape index (κ1) is 13.6.